The summed E-state index contributed by atoms with van der Waals surface area (Å²) in [5.74, 6) is 0.0597. The molecule has 0 saturated heterocycles. The zero-order valence-corrected chi connectivity index (χ0v) is 21.0. The summed E-state index contributed by atoms with van der Waals surface area (Å²) < 4.78 is 0. The topological polar surface area (TPSA) is 60.2 Å². The van der Waals surface area contributed by atoms with Crippen LogP contribution in [-0.2, 0) is 9.59 Å². The standard InChI is InChI=1S/C13H25NO2.C9H20.C4H10/c1-3-12(16)13(2,11-15)9-7-5-4-6-8-10-14;1-3-5-7-9-8-6-4-2;1-3-4-2/h11H,3-10,14H2,1-2H3;3-9H2,1-2H3;3-4H2,1-2H3. The number of aldehydes is 1. The third-order valence-electron chi connectivity index (χ3n) is 5.33. The zero-order valence-electron chi connectivity index (χ0n) is 21.0. The van der Waals surface area contributed by atoms with Crippen molar-refractivity contribution in [2.75, 3.05) is 6.54 Å². The van der Waals surface area contributed by atoms with Crippen LogP contribution < -0.4 is 5.73 Å². The molecule has 3 nitrogen and oxygen atoms in total. The van der Waals surface area contributed by atoms with E-state index in [1.54, 1.807) is 6.92 Å². The molecule has 0 saturated carbocycles. The molecule has 0 aromatic heterocycles. The van der Waals surface area contributed by atoms with Gasteiger partial charge in [0.05, 0.1) is 5.41 Å². The van der Waals surface area contributed by atoms with Gasteiger partial charge in [0, 0.05) is 6.42 Å². The molecule has 1 atom stereocenters. The van der Waals surface area contributed by atoms with Crippen LogP contribution in [0.5, 0.6) is 0 Å². The first-order chi connectivity index (χ1) is 13.9. The van der Waals surface area contributed by atoms with Crippen LogP contribution in [-0.4, -0.2) is 18.6 Å². The van der Waals surface area contributed by atoms with E-state index in [1.165, 1.54) is 57.8 Å². The van der Waals surface area contributed by atoms with E-state index in [2.05, 4.69) is 27.7 Å². The van der Waals surface area contributed by atoms with Crippen molar-refractivity contribution in [3.05, 3.63) is 0 Å². The molecule has 1 unspecified atom stereocenters. The highest BCUT2D eigenvalue weighted by Crippen LogP contribution is 2.24. The lowest BCUT2D eigenvalue weighted by Crippen LogP contribution is -2.28. The molecule has 0 aliphatic carbocycles. The SMILES string of the molecule is CCC(=O)C(C)(C=O)CCCCCCCN.CCCC.CCCCCCCCC. The number of hydrogen-bond donors (Lipinski definition) is 1. The van der Waals surface area contributed by atoms with Crippen LogP contribution in [0.2, 0.25) is 0 Å². The smallest absolute Gasteiger partial charge is 0.145 e. The first kappa shape index (κ1) is 33.0. The number of unbranched alkanes of at least 4 members (excludes halogenated alkanes) is 11. The van der Waals surface area contributed by atoms with Gasteiger partial charge in [-0.05, 0) is 26.3 Å². The monoisotopic (exact) mass is 413 g/mol. The molecule has 0 rings (SSSR count). The third kappa shape index (κ3) is 25.3. The van der Waals surface area contributed by atoms with E-state index >= 15 is 0 Å². The van der Waals surface area contributed by atoms with Gasteiger partial charge in [-0.15, -0.1) is 0 Å². The van der Waals surface area contributed by atoms with Crippen LogP contribution in [0, 0.1) is 5.41 Å². The predicted octanol–water partition coefficient (Wildman–Crippen LogP) is 8.03. The molecule has 0 aliphatic heterocycles. The minimum Gasteiger partial charge on any atom is -0.330 e. The fourth-order valence-corrected chi connectivity index (χ4v) is 2.87. The molecule has 0 aromatic rings. The second-order valence-electron chi connectivity index (χ2n) is 8.39. The molecule has 2 N–H and O–H groups in total. The Kier molecular flexibility index (Phi) is 31.0. The summed E-state index contributed by atoms with van der Waals surface area (Å²) in [6.45, 7) is 13.2. The Morgan fingerprint density at radius 1 is 0.690 bits per heavy atom. The summed E-state index contributed by atoms with van der Waals surface area (Å²) in [6.07, 6.45) is 20.0. The second-order valence-corrected chi connectivity index (χ2v) is 8.39. The number of carbonyl (C=O) groups excluding carboxylic acids is 2. The number of carbonyl (C=O) groups is 2. The molecule has 3 heteroatoms. The number of ketones is 1. The quantitative estimate of drug-likeness (QED) is 0.149. The fraction of sp³-hybridized carbons (Fsp3) is 0.923. The summed E-state index contributed by atoms with van der Waals surface area (Å²) in [5.41, 5.74) is 4.65. The van der Waals surface area contributed by atoms with Crippen molar-refractivity contribution in [2.24, 2.45) is 11.1 Å². The molecule has 0 fully saturated rings. The Morgan fingerprint density at radius 3 is 1.45 bits per heavy atom. The average Bonchev–Trinajstić information content (AvgIpc) is 2.75. The molecule has 0 amide bonds. The maximum Gasteiger partial charge on any atom is 0.145 e. The molecule has 0 aromatic carbocycles. The van der Waals surface area contributed by atoms with Gasteiger partial charge in [-0.1, -0.05) is 118 Å². The zero-order chi connectivity index (χ0) is 22.8. The van der Waals surface area contributed by atoms with E-state index in [9.17, 15) is 9.59 Å². The van der Waals surface area contributed by atoms with E-state index in [0.717, 1.165) is 44.9 Å². The van der Waals surface area contributed by atoms with Gasteiger partial charge in [0.2, 0.25) is 0 Å². The van der Waals surface area contributed by atoms with Crippen LogP contribution in [0.4, 0.5) is 0 Å². The lowest BCUT2D eigenvalue weighted by Gasteiger charge is -2.20. The Bertz CT molecular complexity index is 323. The van der Waals surface area contributed by atoms with Crippen molar-refractivity contribution in [1.29, 1.82) is 0 Å². The van der Waals surface area contributed by atoms with Gasteiger partial charge in [0.1, 0.15) is 12.1 Å². The van der Waals surface area contributed by atoms with Gasteiger partial charge in [0.25, 0.3) is 0 Å². The number of nitrogens with two attached hydrogens (primary N) is 1. The minimum atomic E-state index is -0.747. The lowest BCUT2D eigenvalue weighted by atomic mass is 9.81. The van der Waals surface area contributed by atoms with Gasteiger partial charge in [-0.2, -0.15) is 0 Å². The Morgan fingerprint density at radius 2 is 1.10 bits per heavy atom. The third-order valence-corrected chi connectivity index (χ3v) is 5.33. The lowest BCUT2D eigenvalue weighted by molar-refractivity contribution is -0.133. The summed E-state index contributed by atoms with van der Waals surface area (Å²) in [7, 11) is 0. The Hall–Kier alpha value is -0.700. The number of rotatable bonds is 17. The maximum atomic E-state index is 11.6. The summed E-state index contributed by atoms with van der Waals surface area (Å²) in [4.78, 5) is 22.5. The van der Waals surface area contributed by atoms with E-state index in [-0.39, 0.29) is 5.78 Å². The summed E-state index contributed by atoms with van der Waals surface area (Å²) in [5, 5.41) is 0. The Labute approximate surface area is 184 Å². The van der Waals surface area contributed by atoms with Crippen molar-refractivity contribution in [2.45, 2.75) is 144 Å². The second kappa shape index (κ2) is 27.3. The van der Waals surface area contributed by atoms with E-state index in [0.29, 0.717) is 12.8 Å². The molecule has 0 spiro atoms. The normalized spacial score (nSPS) is 12.1. The first-order valence-corrected chi connectivity index (χ1v) is 12.6. The average molecular weight is 414 g/mol. The van der Waals surface area contributed by atoms with E-state index < -0.39 is 5.41 Å². The van der Waals surface area contributed by atoms with Crippen molar-refractivity contribution in [1.82, 2.24) is 0 Å². The summed E-state index contributed by atoms with van der Waals surface area (Å²) >= 11 is 0. The maximum absolute atomic E-state index is 11.6. The van der Waals surface area contributed by atoms with Crippen LogP contribution in [0.15, 0.2) is 0 Å². The van der Waals surface area contributed by atoms with Gasteiger partial charge in [0.15, 0.2) is 0 Å². The molecular weight excluding hydrogens is 358 g/mol. The van der Waals surface area contributed by atoms with Crippen molar-refractivity contribution >= 4 is 12.1 Å². The largest absolute Gasteiger partial charge is 0.330 e. The molecule has 0 aliphatic rings. The minimum absolute atomic E-state index is 0.0597. The highest BCUT2D eigenvalue weighted by atomic mass is 16.1. The first-order valence-electron chi connectivity index (χ1n) is 12.6. The van der Waals surface area contributed by atoms with Gasteiger partial charge in [-0.3, -0.25) is 4.79 Å². The summed E-state index contributed by atoms with van der Waals surface area (Å²) in [6, 6.07) is 0. The van der Waals surface area contributed by atoms with E-state index in [1.807, 2.05) is 6.92 Å². The van der Waals surface area contributed by atoms with Gasteiger partial charge >= 0.3 is 0 Å². The van der Waals surface area contributed by atoms with Crippen molar-refractivity contribution in [3.8, 4) is 0 Å². The predicted molar refractivity (Wildman–Crippen MR) is 130 cm³/mol. The molecule has 29 heavy (non-hydrogen) atoms. The molecule has 0 heterocycles. The highest BCUT2D eigenvalue weighted by Gasteiger charge is 2.30. The van der Waals surface area contributed by atoms with E-state index in [4.69, 9.17) is 5.73 Å². The number of Topliss-reactive ketones (excluding diaryl/α,β-unsaturated/α-hetero) is 1. The van der Waals surface area contributed by atoms with Crippen LogP contribution in [0.1, 0.15) is 144 Å². The van der Waals surface area contributed by atoms with Gasteiger partial charge in [-0.25, -0.2) is 0 Å². The van der Waals surface area contributed by atoms with Crippen molar-refractivity contribution < 1.29 is 9.59 Å². The molecule has 0 radical (unpaired) electrons. The van der Waals surface area contributed by atoms with Crippen LogP contribution in [0.25, 0.3) is 0 Å². The molecule has 176 valence electrons. The van der Waals surface area contributed by atoms with Crippen molar-refractivity contribution in [3.63, 3.8) is 0 Å². The van der Waals surface area contributed by atoms with Crippen LogP contribution in [0.3, 0.4) is 0 Å². The highest BCUT2D eigenvalue weighted by molar-refractivity contribution is 5.97. The Balaban J connectivity index is -0.000000435. The van der Waals surface area contributed by atoms with Crippen LogP contribution >= 0.6 is 0 Å². The molecule has 0 bridgehead atoms. The molecular formula is C26H55NO2. The fourth-order valence-electron chi connectivity index (χ4n) is 2.87. The van der Waals surface area contributed by atoms with Gasteiger partial charge < -0.3 is 10.5 Å². The number of hydrogen-bond acceptors (Lipinski definition) is 3.